The number of rotatable bonds is 5. The van der Waals surface area contributed by atoms with Crippen molar-refractivity contribution in [1.82, 2.24) is 4.31 Å². The smallest absolute Gasteiger partial charge is 0.324 e. The molecule has 1 unspecified atom stereocenters. The van der Waals surface area contributed by atoms with Gasteiger partial charge in [-0.25, -0.2) is 4.31 Å². The van der Waals surface area contributed by atoms with Crippen LogP contribution in [0.25, 0.3) is 0 Å². The van der Waals surface area contributed by atoms with Crippen LogP contribution in [0.5, 0.6) is 0 Å². The fourth-order valence-electron chi connectivity index (χ4n) is 2.09. The van der Waals surface area contributed by atoms with Gasteiger partial charge in [-0.1, -0.05) is 0 Å². The molecule has 7 heteroatoms. The number of ether oxygens (including phenoxy) is 1. The monoisotopic (exact) mass is 296 g/mol. The number of carbonyl (C=O) groups excluding carboxylic acids is 1. The van der Waals surface area contributed by atoms with Gasteiger partial charge in [0, 0.05) is 23.6 Å². The molecule has 1 heterocycles. The van der Waals surface area contributed by atoms with Crippen LogP contribution in [0.4, 0.5) is 5.69 Å². The minimum atomic E-state index is -0.425. The lowest BCUT2D eigenvalue weighted by Crippen LogP contribution is -2.32. The number of non-ortho nitro benzene ring substituents is 1. The van der Waals surface area contributed by atoms with Gasteiger partial charge >= 0.3 is 5.97 Å². The number of benzene rings is 1. The minimum Gasteiger partial charge on any atom is -0.465 e. The van der Waals surface area contributed by atoms with Gasteiger partial charge in [0.05, 0.1) is 11.5 Å². The summed E-state index contributed by atoms with van der Waals surface area (Å²) < 4.78 is 7.05. The zero-order chi connectivity index (χ0) is 14.5. The lowest BCUT2D eigenvalue weighted by Gasteiger charge is -2.21. The Kier molecular flexibility index (Phi) is 4.97. The first-order valence-electron chi connectivity index (χ1n) is 6.47. The number of hydrogen-bond donors (Lipinski definition) is 0. The van der Waals surface area contributed by atoms with Crippen molar-refractivity contribution in [3.05, 3.63) is 34.4 Å². The largest absolute Gasteiger partial charge is 0.465 e. The Balaban J connectivity index is 2.01. The zero-order valence-corrected chi connectivity index (χ0v) is 12.0. The van der Waals surface area contributed by atoms with Gasteiger partial charge < -0.3 is 4.74 Å². The van der Waals surface area contributed by atoms with Crippen LogP contribution in [0.15, 0.2) is 29.2 Å². The van der Waals surface area contributed by atoms with E-state index in [1.165, 1.54) is 24.1 Å². The predicted molar refractivity (Wildman–Crippen MR) is 75.3 cm³/mol. The molecule has 0 aromatic heterocycles. The molecule has 1 fully saturated rings. The Morgan fingerprint density at radius 3 is 2.80 bits per heavy atom. The van der Waals surface area contributed by atoms with Gasteiger partial charge in [-0.15, -0.1) is 0 Å². The second-order valence-electron chi connectivity index (χ2n) is 4.39. The SMILES string of the molecule is CCOC(=O)C1CCCN1Sc1ccc([N+](=O)[O-])cc1. The highest BCUT2D eigenvalue weighted by molar-refractivity contribution is 7.97. The first kappa shape index (κ1) is 14.8. The molecule has 0 spiro atoms. The van der Waals surface area contributed by atoms with Crippen LogP contribution in [-0.4, -0.2) is 34.4 Å². The number of nitro benzene ring substituents is 1. The highest BCUT2D eigenvalue weighted by Crippen LogP contribution is 2.32. The van der Waals surface area contributed by atoms with Crippen LogP contribution >= 0.6 is 11.9 Å². The Morgan fingerprint density at radius 1 is 1.50 bits per heavy atom. The van der Waals surface area contributed by atoms with Gasteiger partial charge in [-0.05, 0) is 43.8 Å². The normalized spacial score (nSPS) is 18.9. The van der Waals surface area contributed by atoms with Crippen molar-refractivity contribution in [3.8, 4) is 0 Å². The van der Waals surface area contributed by atoms with Crippen LogP contribution in [0, 0.1) is 10.1 Å². The average Bonchev–Trinajstić information content (AvgIpc) is 2.88. The van der Waals surface area contributed by atoms with Crippen molar-refractivity contribution in [3.63, 3.8) is 0 Å². The molecule has 1 aromatic rings. The van der Waals surface area contributed by atoms with Crippen LogP contribution in [0.2, 0.25) is 0 Å². The third-order valence-electron chi connectivity index (χ3n) is 3.03. The van der Waals surface area contributed by atoms with E-state index < -0.39 is 4.92 Å². The fraction of sp³-hybridized carbons (Fsp3) is 0.462. The van der Waals surface area contributed by atoms with E-state index in [2.05, 4.69) is 0 Å². The lowest BCUT2D eigenvalue weighted by molar-refractivity contribution is -0.384. The van der Waals surface area contributed by atoms with Crippen molar-refractivity contribution in [2.75, 3.05) is 13.2 Å². The van der Waals surface area contributed by atoms with E-state index in [4.69, 9.17) is 4.74 Å². The second-order valence-corrected chi connectivity index (χ2v) is 5.52. The maximum absolute atomic E-state index is 11.8. The summed E-state index contributed by atoms with van der Waals surface area (Å²) in [4.78, 5) is 22.9. The van der Waals surface area contributed by atoms with Crippen molar-refractivity contribution in [2.45, 2.75) is 30.7 Å². The molecule has 20 heavy (non-hydrogen) atoms. The van der Waals surface area contributed by atoms with Crippen LogP contribution in [-0.2, 0) is 9.53 Å². The third-order valence-corrected chi connectivity index (χ3v) is 4.19. The van der Waals surface area contributed by atoms with E-state index in [1.54, 1.807) is 19.1 Å². The molecule has 0 bridgehead atoms. The number of carbonyl (C=O) groups is 1. The number of esters is 1. The van der Waals surface area contributed by atoms with E-state index in [1.807, 2.05) is 4.31 Å². The van der Waals surface area contributed by atoms with Gasteiger partial charge in [0.1, 0.15) is 6.04 Å². The summed E-state index contributed by atoms with van der Waals surface area (Å²) in [5.41, 5.74) is 0.0673. The highest BCUT2D eigenvalue weighted by Gasteiger charge is 2.32. The van der Waals surface area contributed by atoms with E-state index in [0.717, 1.165) is 24.3 Å². The summed E-state index contributed by atoms with van der Waals surface area (Å²) in [6.45, 7) is 2.98. The van der Waals surface area contributed by atoms with E-state index >= 15 is 0 Å². The zero-order valence-electron chi connectivity index (χ0n) is 11.2. The number of nitro groups is 1. The minimum absolute atomic E-state index is 0.0673. The van der Waals surface area contributed by atoms with E-state index in [-0.39, 0.29) is 17.7 Å². The molecular weight excluding hydrogens is 280 g/mol. The van der Waals surface area contributed by atoms with Gasteiger partial charge in [-0.3, -0.25) is 14.9 Å². The molecular formula is C13H16N2O4S. The van der Waals surface area contributed by atoms with Crippen molar-refractivity contribution >= 4 is 23.6 Å². The quantitative estimate of drug-likeness (QED) is 0.360. The Labute approximate surface area is 121 Å². The van der Waals surface area contributed by atoms with Crippen molar-refractivity contribution in [1.29, 1.82) is 0 Å². The van der Waals surface area contributed by atoms with Crippen LogP contribution in [0.1, 0.15) is 19.8 Å². The molecule has 2 rings (SSSR count). The molecule has 0 aliphatic carbocycles. The van der Waals surface area contributed by atoms with Gasteiger partial charge in [-0.2, -0.15) is 0 Å². The summed E-state index contributed by atoms with van der Waals surface area (Å²) in [6.07, 6.45) is 1.74. The molecule has 0 amide bonds. The number of hydrogen-bond acceptors (Lipinski definition) is 6. The molecule has 1 aliphatic heterocycles. The van der Waals surface area contributed by atoms with Crippen LogP contribution < -0.4 is 0 Å². The Morgan fingerprint density at radius 2 is 2.20 bits per heavy atom. The first-order chi connectivity index (χ1) is 9.61. The highest BCUT2D eigenvalue weighted by atomic mass is 32.2. The summed E-state index contributed by atoms with van der Waals surface area (Å²) in [5, 5.41) is 10.6. The third kappa shape index (κ3) is 3.49. The molecule has 0 saturated carbocycles. The molecule has 1 atom stereocenters. The second kappa shape index (κ2) is 6.71. The molecule has 1 saturated heterocycles. The summed E-state index contributed by atoms with van der Waals surface area (Å²) in [6, 6.07) is 6.11. The van der Waals surface area contributed by atoms with Gasteiger partial charge in [0.15, 0.2) is 0 Å². The average molecular weight is 296 g/mol. The molecule has 0 radical (unpaired) electrons. The maximum atomic E-state index is 11.8. The predicted octanol–water partition coefficient (Wildman–Crippen LogP) is 2.63. The van der Waals surface area contributed by atoms with Crippen molar-refractivity contribution < 1.29 is 14.5 Å². The Hall–Kier alpha value is -1.60. The summed E-state index contributed by atoms with van der Waals surface area (Å²) in [5.74, 6) is -0.195. The first-order valence-corrected chi connectivity index (χ1v) is 7.25. The molecule has 1 aromatic carbocycles. The van der Waals surface area contributed by atoms with Gasteiger partial charge in [0.2, 0.25) is 0 Å². The topological polar surface area (TPSA) is 72.7 Å². The molecule has 108 valence electrons. The lowest BCUT2D eigenvalue weighted by atomic mass is 10.2. The van der Waals surface area contributed by atoms with Gasteiger partial charge in [0.25, 0.3) is 5.69 Å². The number of nitrogens with zero attached hydrogens (tertiary/aromatic N) is 2. The Bertz CT molecular complexity index is 492. The summed E-state index contributed by atoms with van der Waals surface area (Å²) >= 11 is 1.44. The molecule has 0 N–H and O–H groups in total. The molecule has 6 nitrogen and oxygen atoms in total. The molecule has 1 aliphatic rings. The van der Waals surface area contributed by atoms with E-state index in [0.29, 0.717) is 6.61 Å². The summed E-state index contributed by atoms with van der Waals surface area (Å²) in [7, 11) is 0. The van der Waals surface area contributed by atoms with Crippen LogP contribution in [0.3, 0.4) is 0 Å². The fourth-order valence-corrected chi connectivity index (χ4v) is 3.16. The van der Waals surface area contributed by atoms with Crippen molar-refractivity contribution in [2.24, 2.45) is 0 Å². The maximum Gasteiger partial charge on any atom is 0.324 e. The standard InChI is InChI=1S/C13H16N2O4S/c1-2-19-13(16)12-4-3-9-14(12)20-11-7-5-10(6-8-11)15(17)18/h5-8,12H,2-4,9H2,1H3. The van der Waals surface area contributed by atoms with E-state index in [9.17, 15) is 14.9 Å².